The Morgan fingerprint density at radius 2 is 2.19 bits per heavy atom. The van der Waals surface area contributed by atoms with Gasteiger partial charge in [0, 0.05) is 11.7 Å². The fourth-order valence-corrected chi connectivity index (χ4v) is 4.23. The van der Waals surface area contributed by atoms with E-state index in [0.717, 1.165) is 17.9 Å². The highest BCUT2D eigenvalue weighted by Gasteiger charge is 2.38. The maximum Gasteiger partial charge on any atom is 0.333 e. The van der Waals surface area contributed by atoms with Gasteiger partial charge in [0.25, 0.3) is 0 Å². The van der Waals surface area contributed by atoms with Crippen LogP contribution in [0.5, 0.6) is 0 Å². The fraction of sp³-hybridized carbons (Fsp3) is 0.615. The van der Waals surface area contributed by atoms with Crippen LogP contribution >= 0.6 is 11.8 Å². The minimum absolute atomic E-state index is 0.201. The van der Waals surface area contributed by atoms with Gasteiger partial charge in [0.1, 0.15) is 23.3 Å². The Bertz CT molecular complexity index is 930. The van der Waals surface area contributed by atoms with Crippen molar-refractivity contribution in [3.8, 4) is 0 Å². The van der Waals surface area contributed by atoms with Gasteiger partial charge in [0.15, 0.2) is 11.9 Å². The Kier molecular flexibility index (Phi) is 4.53. The molecule has 0 spiro atoms. The van der Waals surface area contributed by atoms with E-state index in [1.165, 1.54) is 6.33 Å². The van der Waals surface area contributed by atoms with Crippen molar-refractivity contribution in [2.24, 2.45) is 5.14 Å². The van der Waals surface area contributed by atoms with Gasteiger partial charge in [-0.25, -0.2) is 19.8 Å². The van der Waals surface area contributed by atoms with E-state index in [2.05, 4.69) is 19.2 Å². The van der Waals surface area contributed by atoms with Gasteiger partial charge in [0.2, 0.25) is 0 Å². The summed E-state index contributed by atoms with van der Waals surface area (Å²) in [5.74, 6) is 0.331. The lowest BCUT2D eigenvalue weighted by atomic mass is 10.2. The van der Waals surface area contributed by atoms with E-state index in [0.29, 0.717) is 22.1 Å². The van der Waals surface area contributed by atoms with E-state index in [1.807, 2.05) is 0 Å². The first-order valence-electron chi connectivity index (χ1n) is 7.98. The number of nitrogen functional groups attached to an aromatic ring is 1. The molecule has 5 N–H and O–H groups in total. The van der Waals surface area contributed by atoms with E-state index in [4.69, 9.17) is 15.6 Å². The van der Waals surface area contributed by atoms with Crippen LogP contribution in [-0.2, 0) is 19.2 Å². The van der Waals surface area contributed by atoms with Gasteiger partial charge in [0.05, 0.1) is 18.1 Å². The summed E-state index contributed by atoms with van der Waals surface area (Å²) in [6.07, 6.45) is 1.37. The predicted molar refractivity (Wildman–Crippen MR) is 92.2 cm³/mol. The van der Waals surface area contributed by atoms with E-state index in [1.54, 1.807) is 16.4 Å². The normalized spacial score (nSPS) is 26.6. The van der Waals surface area contributed by atoms with Gasteiger partial charge in [-0.15, -0.1) is 11.8 Å². The third-order valence-electron chi connectivity index (χ3n) is 4.16. The number of nitrogens with two attached hydrogens (primary N) is 2. The average Bonchev–Trinajstić information content (AvgIpc) is 3.18. The zero-order valence-electron chi connectivity index (χ0n) is 13.6. The molecule has 3 atom stereocenters. The fourth-order valence-electron chi connectivity index (χ4n) is 2.77. The monoisotopic (exact) mass is 402 g/mol. The topological polar surface area (TPSA) is 168 Å². The first kappa shape index (κ1) is 17.9. The zero-order valence-corrected chi connectivity index (χ0v) is 15.2. The van der Waals surface area contributed by atoms with E-state index < -0.39 is 28.7 Å². The van der Waals surface area contributed by atoms with Gasteiger partial charge in [-0.2, -0.15) is 13.5 Å². The summed E-state index contributed by atoms with van der Waals surface area (Å²) in [6, 6.07) is 0. The molecule has 0 aromatic carbocycles. The molecule has 142 valence electrons. The van der Waals surface area contributed by atoms with Crippen LogP contribution in [0.2, 0.25) is 0 Å². The number of thioether (sulfide) groups is 1. The highest BCUT2D eigenvalue weighted by atomic mass is 32.2. The maximum atomic E-state index is 10.9. The van der Waals surface area contributed by atoms with Crippen molar-refractivity contribution >= 4 is 38.9 Å². The van der Waals surface area contributed by atoms with Gasteiger partial charge in [-0.3, -0.25) is 4.18 Å². The van der Waals surface area contributed by atoms with Gasteiger partial charge >= 0.3 is 10.3 Å². The molecule has 0 bridgehead atoms. The number of aliphatic hydroxyl groups is 1. The Morgan fingerprint density at radius 3 is 2.88 bits per heavy atom. The van der Waals surface area contributed by atoms with Crippen molar-refractivity contribution in [2.75, 3.05) is 12.3 Å². The Balaban J connectivity index is 1.61. The minimum Gasteiger partial charge on any atom is -0.390 e. The van der Waals surface area contributed by atoms with Crippen LogP contribution in [0.15, 0.2) is 11.4 Å². The first-order valence-corrected chi connectivity index (χ1v) is 10.3. The summed E-state index contributed by atoms with van der Waals surface area (Å²) < 4.78 is 33.7. The third kappa shape index (κ3) is 3.63. The number of nitrogens with zero attached hydrogens (tertiary/aromatic N) is 4. The second-order valence-corrected chi connectivity index (χ2v) is 8.74. The summed E-state index contributed by atoms with van der Waals surface area (Å²) in [7, 11) is -4.11. The SMILES string of the molecule is Nc1ncnc2c1c(SC1CC1)nn2[C@H]1C[C@H](O)[C@@H](COS(N)(=O)=O)O1. The first-order chi connectivity index (χ1) is 12.3. The summed E-state index contributed by atoms with van der Waals surface area (Å²) in [6.45, 7) is -0.378. The molecule has 0 amide bonds. The lowest BCUT2D eigenvalue weighted by molar-refractivity contribution is -0.0415. The molecule has 13 heteroatoms. The quantitative estimate of drug-likeness (QED) is 0.574. The van der Waals surface area contributed by atoms with Crippen LogP contribution in [0.4, 0.5) is 5.82 Å². The molecule has 1 saturated heterocycles. The number of fused-ring (bicyclic) bond motifs is 1. The molecule has 0 radical (unpaired) electrons. The molecule has 1 aliphatic heterocycles. The van der Waals surface area contributed by atoms with Crippen LogP contribution in [0.1, 0.15) is 25.5 Å². The Morgan fingerprint density at radius 1 is 1.42 bits per heavy atom. The van der Waals surface area contributed by atoms with Crippen molar-refractivity contribution in [1.82, 2.24) is 19.7 Å². The molecule has 4 rings (SSSR count). The summed E-state index contributed by atoms with van der Waals surface area (Å²) in [5.41, 5.74) is 6.51. The van der Waals surface area contributed by atoms with Crippen LogP contribution in [0.3, 0.4) is 0 Å². The molecule has 2 aromatic heterocycles. The average molecular weight is 402 g/mol. The number of ether oxygens (including phenoxy) is 1. The number of rotatable bonds is 6. The van der Waals surface area contributed by atoms with Crippen molar-refractivity contribution in [2.45, 2.75) is 48.0 Å². The highest BCUT2D eigenvalue weighted by molar-refractivity contribution is 8.00. The molecule has 11 nitrogen and oxygen atoms in total. The van der Waals surface area contributed by atoms with Crippen molar-refractivity contribution in [1.29, 1.82) is 0 Å². The number of aromatic nitrogens is 4. The van der Waals surface area contributed by atoms with Crippen molar-refractivity contribution in [3.05, 3.63) is 6.33 Å². The van der Waals surface area contributed by atoms with Crippen LogP contribution in [0.25, 0.3) is 11.0 Å². The van der Waals surface area contributed by atoms with E-state index in [9.17, 15) is 13.5 Å². The van der Waals surface area contributed by atoms with Crippen LogP contribution in [0, 0.1) is 0 Å². The molecule has 3 heterocycles. The van der Waals surface area contributed by atoms with Gasteiger partial charge < -0.3 is 15.6 Å². The maximum absolute atomic E-state index is 10.9. The molecular weight excluding hydrogens is 384 g/mol. The van der Waals surface area contributed by atoms with Crippen LogP contribution in [-0.4, -0.2) is 57.3 Å². The van der Waals surface area contributed by atoms with Crippen molar-refractivity contribution in [3.63, 3.8) is 0 Å². The molecule has 1 aliphatic carbocycles. The lowest BCUT2D eigenvalue weighted by Gasteiger charge is -2.14. The number of aliphatic hydroxyl groups excluding tert-OH is 1. The van der Waals surface area contributed by atoms with E-state index >= 15 is 0 Å². The molecule has 26 heavy (non-hydrogen) atoms. The highest BCUT2D eigenvalue weighted by Crippen LogP contribution is 2.43. The van der Waals surface area contributed by atoms with E-state index in [-0.39, 0.29) is 13.0 Å². The Hall–Kier alpha value is -1.51. The Labute approximate surface area is 153 Å². The summed E-state index contributed by atoms with van der Waals surface area (Å²) in [5, 5.41) is 21.4. The molecule has 2 fully saturated rings. The van der Waals surface area contributed by atoms with Gasteiger partial charge in [-0.1, -0.05) is 0 Å². The van der Waals surface area contributed by atoms with Gasteiger partial charge in [-0.05, 0) is 12.8 Å². The summed E-state index contributed by atoms with van der Waals surface area (Å²) >= 11 is 1.62. The third-order valence-corrected chi connectivity index (χ3v) is 5.94. The standard InChI is InChI=1S/C13H18N6O5S2/c14-11-10-12(17-5-16-11)19(18-13(10)25-6-1-2-6)9-3-7(20)8(24-9)4-23-26(15,21)22/h5-9,20H,1-4H2,(H2,14,16,17)(H2,15,21,22)/t7-,8+,9+/m0/s1. The second-order valence-electron chi connectivity index (χ2n) is 6.23. The molecule has 2 aliphatic rings. The smallest absolute Gasteiger partial charge is 0.333 e. The molecule has 2 aromatic rings. The summed E-state index contributed by atoms with van der Waals surface area (Å²) in [4.78, 5) is 8.29. The minimum atomic E-state index is -4.11. The van der Waals surface area contributed by atoms with Crippen LogP contribution < -0.4 is 10.9 Å². The largest absolute Gasteiger partial charge is 0.390 e. The second kappa shape index (κ2) is 6.58. The number of hydrogen-bond donors (Lipinski definition) is 3. The predicted octanol–water partition coefficient (Wildman–Crippen LogP) is -0.469. The lowest BCUT2D eigenvalue weighted by Crippen LogP contribution is -2.30. The number of hydrogen-bond acceptors (Lipinski definition) is 10. The molecule has 0 unspecified atom stereocenters. The molecule has 1 saturated carbocycles. The van der Waals surface area contributed by atoms with Crippen molar-refractivity contribution < 1.29 is 22.4 Å². The zero-order chi connectivity index (χ0) is 18.5. The molecular formula is C13H18N6O5S2. The number of anilines is 1.